The van der Waals surface area contributed by atoms with Gasteiger partial charge in [0.05, 0.1) is 26.0 Å². The molecule has 0 aliphatic carbocycles. The fourth-order valence-corrected chi connectivity index (χ4v) is 3.85. The molecule has 6 heteroatoms. The molecule has 0 unspecified atom stereocenters. The van der Waals surface area contributed by atoms with Crippen LogP contribution in [-0.4, -0.2) is 28.7 Å². The molecule has 0 fully saturated rings. The Kier molecular flexibility index (Phi) is 8.17. The van der Waals surface area contributed by atoms with Crippen molar-refractivity contribution in [2.45, 2.75) is 39.2 Å². The third kappa shape index (κ3) is 6.16. The Bertz CT molecular complexity index is 1160. The number of imidazole rings is 1. The van der Waals surface area contributed by atoms with E-state index in [1.54, 1.807) is 6.26 Å². The van der Waals surface area contributed by atoms with Crippen molar-refractivity contribution < 1.29 is 18.7 Å². The lowest BCUT2D eigenvalue weighted by molar-refractivity contribution is -0.143. The molecule has 0 saturated heterocycles. The molecule has 0 aliphatic rings. The summed E-state index contributed by atoms with van der Waals surface area (Å²) in [6.45, 7) is 3.54. The second kappa shape index (κ2) is 11.9. The summed E-state index contributed by atoms with van der Waals surface area (Å²) in [6.07, 6.45) is 8.60. The third-order valence-electron chi connectivity index (χ3n) is 5.57. The number of carbonyl (C=O) groups is 1. The van der Waals surface area contributed by atoms with Crippen LogP contribution in [0.15, 0.2) is 83.7 Å². The standard InChI is InChI=1S/C28H30N2O4/c1-2-32-27(31)12-4-3-7-19-33-26-10-6-5-9-24(26)21-30-18-17-29-28(30)23-15-13-22(14-16-23)25-11-8-20-34-25/h5-6,8-11,13-18,20H,2-4,7,12,19,21H2,1H3. The van der Waals surface area contributed by atoms with Gasteiger partial charge in [0, 0.05) is 35.5 Å². The largest absolute Gasteiger partial charge is 0.493 e. The molecule has 0 amide bonds. The lowest BCUT2D eigenvalue weighted by Crippen LogP contribution is -2.06. The molecule has 2 heterocycles. The summed E-state index contributed by atoms with van der Waals surface area (Å²) >= 11 is 0. The van der Waals surface area contributed by atoms with E-state index < -0.39 is 0 Å². The van der Waals surface area contributed by atoms with Crippen molar-refractivity contribution in [2.75, 3.05) is 13.2 Å². The minimum Gasteiger partial charge on any atom is -0.493 e. The first kappa shape index (κ1) is 23.4. The molecule has 0 bridgehead atoms. The van der Waals surface area contributed by atoms with E-state index in [2.05, 4.69) is 27.8 Å². The molecule has 4 aromatic rings. The molecule has 0 radical (unpaired) electrons. The van der Waals surface area contributed by atoms with E-state index in [1.165, 1.54) is 0 Å². The highest BCUT2D eigenvalue weighted by Crippen LogP contribution is 2.26. The summed E-state index contributed by atoms with van der Waals surface area (Å²) < 4.78 is 18.7. The van der Waals surface area contributed by atoms with Gasteiger partial charge in [0.2, 0.25) is 0 Å². The molecule has 2 aromatic carbocycles. The van der Waals surface area contributed by atoms with Crippen molar-refractivity contribution in [3.63, 3.8) is 0 Å². The van der Waals surface area contributed by atoms with Crippen molar-refractivity contribution >= 4 is 5.97 Å². The fraction of sp³-hybridized carbons (Fsp3) is 0.286. The quantitative estimate of drug-likeness (QED) is 0.182. The van der Waals surface area contributed by atoms with E-state index in [0.717, 1.165) is 53.3 Å². The third-order valence-corrected chi connectivity index (χ3v) is 5.57. The molecule has 0 atom stereocenters. The number of benzene rings is 2. The van der Waals surface area contributed by atoms with Crippen molar-refractivity contribution in [3.8, 4) is 28.5 Å². The van der Waals surface area contributed by atoms with Crippen LogP contribution in [-0.2, 0) is 16.1 Å². The van der Waals surface area contributed by atoms with E-state index in [9.17, 15) is 4.79 Å². The maximum absolute atomic E-state index is 11.4. The number of carbonyl (C=O) groups excluding carboxylic acids is 1. The predicted octanol–water partition coefficient (Wildman–Crippen LogP) is 6.36. The number of ether oxygens (including phenoxy) is 2. The molecule has 4 rings (SSSR count). The lowest BCUT2D eigenvalue weighted by atomic mass is 10.1. The van der Waals surface area contributed by atoms with E-state index in [1.807, 2.05) is 61.8 Å². The van der Waals surface area contributed by atoms with Crippen LogP contribution >= 0.6 is 0 Å². The van der Waals surface area contributed by atoms with Gasteiger partial charge in [-0.3, -0.25) is 4.79 Å². The number of nitrogens with zero attached hydrogens (tertiary/aromatic N) is 2. The molecule has 0 saturated carbocycles. The zero-order valence-corrected chi connectivity index (χ0v) is 19.5. The lowest BCUT2D eigenvalue weighted by Gasteiger charge is -2.14. The van der Waals surface area contributed by atoms with Crippen molar-refractivity contribution in [1.82, 2.24) is 9.55 Å². The monoisotopic (exact) mass is 458 g/mol. The Labute approximate surface area is 200 Å². The van der Waals surface area contributed by atoms with E-state index in [4.69, 9.17) is 13.9 Å². The Morgan fingerprint density at radius 3 is 2.59 bits per heavy atom. The van der Waals surface area contributed by atoms with Crippen molar-refractivity contribution in [1.29, 1.82) is 0 Å². The minimum absolute atomic E-state index is 0.125. The van der Waals surface area contributed by atoms with Crippen LogP contribution in [0, 0.1) is 0 Å². The second-order valence-electron chi connectivity index (χ2n) is 8.01. The van der Waals surface area contributed by atoms with Crippen molar-refractivity contribution in [3.05, 3.63) is 84.9 Å². The van der Waals surface area contributed by atoms with Crippen LogP contribution in [0.4, 0.5) is 0 Å². The first-order chi connectivity index (χ1) is 16.7. The molecule has 0 aliphatic heterocycles. The fourth-order valence-electron chi connectivity index (χ4n) is 3.85. The maximum atomic E-state index is 11.4. The van der Waals surface area contributed by atoms with E-state index in [-0.39, 0.29) is 5.97 Å². The number of para-hydroxylation sites is 1. The number of aromatic nitrogens is 2. The number of rotatable bonds is 12. The SMILES string of the molecule is CCOC(=O)CCCCCOc1ccccc1Cn1ccnc1-c1ccc(-c2ccco2)cc1. The molecule has 0 spiro atoms. The first-order valence-corrected chi connectivity index (χ1v) is 11.8. The van der Waals surface area contributed by atoms with Gasteiger partial charge in [-0.15, -0.1) is 0 Å². The Hall–Kier alpha value is -3.80. The highest BCUT2D eigenvalue weighted by Gasteiger charge is 2.11. The average molecular weight is 459 g/mol. The van der Waals surface area contributed by atoms with Gasteiger partial charge in [-0.25, -0.2) is 4.98 Å². The summed E-state index contributed by atoms with van der Waals surface area (Å²) in [6, 6.07) is 20.2. The smallest absolute Gasteiger partial charge is 0.305 e. The van der Waals surface area contributed by atoms with E-state index >= 15 is 0 Å². The van der Waals surface area contributed by atoms with E-state index in [0.29, 0.717) is 26.2 Å². The van der Waals surface area contributed by atoms with Gasteiger partial charge in [0.25, 0.3) is 0 Å². The zero-order valence-electron chi connectivity index (χ0n) is 19.5. The first-order valence-electron chi connectivity index (χ1n) is 11.8. The number of hydrogen-bond donors (Lipinski definition) is 0. The van der Waals surface area contributed by atoms with Gasteiger partial charge < -0.3 is 18.5 Å². The topological polar surface area (TPSA) is 66.5 Å². The van der Waals surface area contributed by atoms with Gasteiger partial charge in [0.15, 0.2) is 0 Å². The zero-order chi connectivity index (χ0) is 23.6. The summed E-state index contributed by atoms with van der Waals surface area (Å²) in [5.41, 5.74) is 3.17. The molecule has 6 nitrogen and oxygen atoms in total. The van der Waals surface area contributed by atoms with Crippen LogP contribution in [0.3, 0.4) is 0 Å². The number of furan rings is 1. The molecular formula is C28H30N2O4. The number of unbranched alkanes of at least 4 members (excludes halogenated alkanes) is 2. The summed E-state index contributed by atoms with van der Waals surface area (Å²) in [5.74, 6) is 2.50. The van der Waals surface area contributed by atoms with Gasteiger partial charge in [0.1, 0.15) is 17.3 Å². The summed E-state index contributed by atoms with van der Waals surface area (Å²) in [7, 11) is 0. The summed E-state index contributed by atoms with van der Waals surface area (Å²) in [5, 5.41) is 0. The minimum atomic E-state index is -0.125. The average Bonchev–Trinajstić information content (AvgIpc) is 3.55. The van der Waals surface area contributed by atoms with Crippen LogP contribution in [0.1, 0.15) is 38.2 Å². The highest BCUT2D eigenvalue weighted by molar-refractivity contribution is 5.69. The van der Waals surface area contributed by atoms with Crippen LogP contribution in [0.25, 0.3) is 22.7 Å². The maximum Gasteiger partial charge on any atom is 0.305 e. The van der Waals surface area contributed by atoms with Crippen LogP contribution < -0.4 is 4.74 Å². The number of esters is 1. The molecule has 2 aromatic heterocycles. The van der Waals surface area contributed by atoms with Crippen LogP contribution in [0.5, 0.6) is 5.75 Å². The Morgan fingerprint density at radius 1 is 0.971 bits per heavy atom. The van der Waals surface area contributed by atoms with Gasteiger partial charge in [-0.1, -0.05) is 42.5 Å². The molecule has 34 heavy (non-hydrogen) atoms. The predicted molar refractivity (Wildman–Crippen MR) is 132 cm³/mol. The van der Waals surface area contributed by atoms with Gasteiger partial charge >= 0.3 is 5.97 Å². The van der Waals surface area contributed by atoms with Gasteiger partial charge in [-0.2, -0.15) is 0 Å². The highest BCUT2D eigenvalue weighted by atomic mass is 16.5. The van der Waals surface area contributed by atoms with Crippen LogP contribution in [0.2, 0.25) is 0 Å². The summed E-state index contributed by atoms with van der Waals surface area (Å²) in [4.78, 5) is 16.0. The molecular weight excluding hydrogens is 428 g/mol. The molecule has 176 valence electrons. The number of hydrogen-bond acceptors (Lipinski definition) is 5. The normalized spacial score (nSPS) is 10.9. The molecule has 0 N–H and O–H groups in total. The second-order valence-corrected chi connectivity index (χ2v) is 8.01. The van der Waals surface area contributed by atoms with Crippen molar-refractivity contribution in [2.24, 2.45) is 0 Å². The van der Waals surface area contributed by atoms with Gasteiger partial charge in [-0.05, 0) is 44.4 Å². The Morgan fingerprint density at radius 2 is 1.79 bits per heavy atom. The Balaban J connectivity index is 1.35.